The number of rotatable bonds is 4. The SMILES string of the molecule is Cc1cc(C)c(CS(=O)c2cccc(C(=O)O)c2)c(C)c1. The van der Waals surface area contributed by atoms with Crippen LogP contribution in [0.1, 0.15) is 32.6 Å². The summed E-state index contributed by atoms with van der Waals surface area (Å²) in [4.78, 5) is 11.5. The molecule has 0 heterocycles. The Bertz CT molecular complexity index is 697. The van der Waals surface area contributed by atoms with Crippen molar-refractivity contribution in [3.8, 4) is 0 Å². The summed E-state index contributed by atoms with van der Waals surface area (Å²) in [6.07, 6.45) is 0. The standard InChI is InChI=1S/C17H18O3S/c1-11-7-12(2)16(13(3)8-11)10-21(20)15-6-4-5-14(9-15)17(18)19/h4-9H,10H2,1-3H3,(H,18,19). The Morgan fingerprint density at radius 3 is 2.29 bits per heavy atom. The van der Waals surface area contributed by atoms with Gasteiger partial charge in [0.05, 0.1) is 22.1 Å². The minimum absolute atomic E-state index is 0.165. The maximum Gasteiger partial charge on any atom is 0.335 e. The molecule has 0 saturated heterocycles. The second-order valence-electron chi connectivity index (χ2n) is 5.20. The third-order valence-corrected chi connectivity index (χ3v) is 4.79. The molecule has 110 valence electrons. The molecular weight excluding hydrogens is 284 g/mol. The van der Waals surface area contributed by atoms with E-state index in [9.17, 15) is 9.00 Å². The van der Waals surface area contributed by atoms with Gasteiger partial charge in [-0.2, -0.15) is 0 Å². The number of aromatic carboxylic acids is 1. The van der Waals surface area contributed by atoms with Crippen LogP contribution in [-0.2, 0) is 16.6 Å². The van der Waals surface area contributed by atoms with Crippen molar-refractivity contribution in [2.45, 2.75) is 31.4 Å². The van der Waals surface area contributed by atoms with Gasteiger partial charge in [-0.15, -0.1) is 0 Å². The maximum atomic E-state index is 12.5. The summed E-state index contributed by atoms with van der Waals surface area (Å²) in [5.74, 6) is -0.599. The Labute approximate surface area is 127 Å². The lowest BCUT2D eigenvalue weighted by molar-refractivity contribution is 0.0696. The molecule has 0 radical (unpaired) electrons. The van der Waals surface area contributed by atoms with Gasteiger partial charge in [0.2, 0.25) is 0 Å². The molecule has 3 nitrogen and oxygen atoms in total. The first-order chi connectivity index (χ1) is 9.88. The van der Waals surface area contributed by atoms with Gasteiger partial charge in [0.25, 0.3) is 0 Å². The highest BCUT2D eigenvalue weighted by atomic mass is 32.2. The molecule has 2 aromatic rings. The second-order valence-corrected chi connectivity index (χ2v) is 6.65. The van der Waals surface area contributed by atoms with E-state index < -0.39 is 16.8 Å². The predicted molar refractivity (Wildman–Crippen MR) is 84.2 cm³/mol. The van der Waals surface area contributed by atoms with Gasteiger partial charge in [-0.25, -0.2) is 4.79 Å². The smallest absolute Gasteiger partial charge is 0.335 e. The number of hydrogen-bond donors (Lipinski definition) is 1. The largest absolute Gasteiger partial charge is 0.478 e. The predicted octanol–water partition coefficient (Wildman–Crippen LogP) is 3.62. The fourth-order valence-corrected chi connectivity index (χ4v) is 3.80. The number of carboxylic acid groups (broad SMARTS) is 1. The molecule has 0 aliphatic heterocycles. The van der Waals surface area contributed by atoms with Gasteiger partial charge in [-0.3, -0.25) is 4.21 Å². The first-order valence-corrected chi connectivity index (χ1v) is 7.99. The normalized spacial score (nSPS) is 12.1. The third-order valence-electron chi connectivity index (χ3n) is 3.46. The zero-order valence-corrected chi connectivity index (χ0v) is 13.2. The van der Waals surface area contributed by atoms with E-state index in [1.54, 1.807) is 12.1 Å². The molecule has 2 aromatic carbocycles. The summed E-state index contributed by atoms with van der Waals surface area (Å²) in [5, 5.41) is 9.00. The maximum absolute atomic E-state index is 12.5. The van der Waals surface area contributed by atoms with Crippen molar-refractivity contribution in [1.29, 1.82) is 0 Å². The lowest BCUT2D eigenvalue weighted by atomic mass is 10.0. The second kappa shape index (κ2) is 6.22. The highest BCUT2D eigenvalue weighted by Crippen LogP contribution is 2.21. The van der Waals surface area contributed by atoms with Crippen molar-refractivity contribution in [2.24, 2.45) is 0 Å². The average molecular weight is 302 g/mol. The van der Waals surface area contributed by atoms with E-state index in [-0.39, 0.29) is 5.56 Å². The molecule has 0 spiro atoms. The third kappa shape index (κ3) is 3.58. The molecule has 1 unspecified atom stereocenters. The van der Waals surface area contributed by atoms with Crippen LogP contribution >= 0.6 is 0 Å². The average Bonchev–Trinajstić information content (AvgIpc) is 2.42. The van der Waals surface area contributed by atoms with Crippen LogP contribution < -0.4 is 0 Å². The van der Waals surface area contributed by atoms with Crippen molar-refractivity contribution in [3.05, 3.63) is 64.2 Å². The quantitative estimate of drug-likeness (QED) is 0.938. The van der Waals surface area contributed by atoms with E-state index >= 15 is 0 Å². The number of hydrogen-bond acceptors (Lipinski definition) is 2. The van der Waals surface area contributed by atoms with Crippen LogP contribution in [-0.4, -0.2) is 15.3 Å². The van der Waals surface area contributed by atoms with Crippen molar-refractivity contribution >= 4 is 16.8 Å². The Balaban J connectivity index is 2.30. The van der Waals surface area contributed by atoms with Crippen molar-refractivity contribution < 1.29 is 14.1 Å². The van der Waals surface area contributed by atoms with Crippen molar-refractivity contribution in [1.82, 2.24) is 0 Å². The monoisotopic (exact) mass is 302 g/mol. The number of carboxylic acids is 1. The summed E-state index contributed by atoms with van der Waals surface area (Å²) in [7, 11) is -1.25. The van der Waals surface area contributed by atoms with Gasteiger partial charge in [-0.1, -0.05) is 23.8 Å². The highest BCUT2D eigenvalue weighted by molar-refractivity contribution is 7.84. The van der Waals surface area contributed by atoms with Gasteiger partial charge >= 0.3 is 5.97 Å². The summed E-state index contributed by atoms with van der Waals surface area (Å²) >= 11 is 0. The van der Waals surface area contributed by atoms with E-state index in [0.717, 1.165) is 16.7 Å². The van der Waals surface area contributed by atoms with Gasteiger partial charge < -0.3 is 5.11 Å². The highest BCUT2D eigenvalue weighted by Gasteiger charge is 2.12. The first-order valence-electron chi connectivity index (χ1n) is 6.67. The van der Waals surface area contributed by atoms with Crippen LogP contribution in [0.5, 0.6) is 0 Å². The molecule has 1 atom stereocenters. The van der Waals surface area contributed by atoms with Gasteiger partial charge in [0.15, 0.2) is 0 Å². The van der Waals surface area contributed by atoms with Crippen LogP contribution in [0.4, 0.5) is 0 Å². The first kappa shape index (κ1) is 15.4. The Morgan fingerprint density at radius 1 is 1.10 bits per heavy atom. The van der Waals surface area contributed by atoms with Crippen LogP contribution in [0.15, 0.2) is 41.3 Å². The van der Waals surface area contributed by atoms with Gasteiger partial charge in [0, 0.05) is 4.90 Å². The molecule has 4 heteroatoms. The van der Waals surface area contributed by atoms with Crippen LogP contribution in [0, 0.1) is 20.8 Å². The van der Waals surface area contributed by atoms with E-state index in [1.165, 1.54) is 17.7 Å². The molecule has 0 aliphatic carbocycles. The zero-order valence-electron chi connectivity index (χ0n) is 12.3. The molecule has 1 N–H and O–H groups in total. The topological polar surface area (TPSA) is 54.4 Å². The van der Waals surface area contributed by atoms with Gasteiger partial charge in [-0.05, 0) is 55.7 Å². The van der Waals surface area contributed by atoms with E-state index in [2.05, 4.69) is 12.1 Å². The summed E-state index contributed by atoms with van der Waals surface area (Å²) in [5.41, 5.74) is 4.66. The summed E-state index contributed by atoms with van der Waals surface area (Å²) in [6, 6.07) is 10.5. The molecule has 0 amide bonds. The van der Waals surface area contributed by atoms with Gasteiger partial charge in [0.1, 0.15) is 0 Å². The lowest BCUT2D eigenvalue weighted by Gasteiger charge is -2.11. The Kier molecular flexibility index (Phi) is 4.58. The zero-order chi connectivity index (χ0) is 15.6. The number of carbonyl (C=O) groups is 1. The molecule has 2 rings (SSSR count). The van der Waals surface area contributed by atoms with Crippen molar-refractivity contribution in [3.63, 3.8) is 0 Å². The lowest BCUT2D eigenvalue weighted by Crippen LogP contribution is -2.03. The van der Waals surface area contributed by atoms with E-state index in [4.69, 9.17) is 5.11 Å². The molecular formula is C17H18O3S. The molecule has 0 saturated carbocycles. The minimum atomic E-state index is -1.25. The number of benzene rings is 2. The molecule has 0 bridgehead atoms. The fraction of sp³-hybridized carbons (Fsp3) is 0.235. The molecule has 0 aromatic heterocycles. The Hall–Kier alpha value is -1.94. The van der Waals surface area contributed by atoms with Crippen LogP contribution in [0.2, 0.25) is 0 Å². The van der Waals surface area contributed by atoms with Crippen molar-refractivity contribution in [2.75, 3.05) is 0 Å². The van der Waals surface area contributed by atoms with E-state index in [0.29, 0.717) is 10.6 Å². The summed E-state index contributed by atoms with van der Waals surface area (Å²) in [6.45, 7) is 6.07. The molecule has 0 aliphatic rings. The number of aryl methyl sites for hydroxylation is 3. The fourth-order valence-electron chi connectivity index (χ4n) is 2.42. The van der Waals surface area contributed by atoms with Crippen LogP contribution in [0.25, 0.3) is 0 Å². The summed E-state index contributed by atoms with van der Waals surface area (Å²) < 4.78 is 12.5. The minimum Gasteiger partial charge on any atom is -0.478 e. The molecule has 21 heavy (non-hydrogen) atoms. The van der Waals surface area contributed by atoms with E-state index in [1.807, 2.05) is 20.8 Å². The molecule has 0 fully saturated rings. The van der Waals surface area contributed by atoms with Crippen LogP contribution in [0.3, 0.4) is 0 Å². The Morgan fingerprint density at radius 2 is 1.71 bits per heavy atom.